The monoisotopic (exact) mass is 432 g/mol. The zero-order valence-corrected chi connectivity index (χ0v) is 17.5. The molecule has 1 aliphatic heterocycles. The Morgan fingerprint density at radius 2 is 1.83 bits per heavy atom. The summed E-state index contributed by atoms with van der Waals surface area (Å²) in [6.07, 6.45) is -3.12. The molecular weight excluding hydrogens is 406 g/mol. The Morgan fingerprint density at radius 1 is 1.21 bits per heavy atom. The molecule has 1 aromatic carbocycles. The summed E-state index contributed by atoms with van der Waals surface area (Å²) in [7, 11) is -4.25. The lowest BCUT2D eigenvalue weighted by Gasteiger charge is -2.30. The summed E-state index contributed by atoms with van der Waals surface area (Å²) in [6.45, 7) is 4.23. The minimum absolute atomic E-state index is 0.00389. The van der Waals surface area contributed by atoms with Crippen molar-refractivity contribution in [2.45, 2.75) is 51.4 Å². The third-order valence-corrected chi connectivity index (χ3v) is 6.27. The molecule has 0 saturated carbocycles. The maximum Gasteiger partial charge on any atom is 0.368 e. The Bertz CT molecular complexity index is 718. The number of carbonyl (C=O) groups excluding carboxylic acids is 2. The number of alkyl halides is 1. The van der Waals surface area contributed by atoms with Crippen molar-refractivity contribution >= 4 is 19.5 Å². The van der Waals surface area contributed by atoms with Crippen LogP contribution in [0.15, 0.2) is 30.3 Å². The fraction of sp³-hybridized carbons (Fsp3) is 0.579. The zero-order chi connectivity index (χ0) is 21.4. The van der Waals surface area contributed by atoms with Crippen molar-refractivity contribution in [2.24, 2.45) is 0 Å². The van der Waals surface area contributed by atoms with E-state index in [0.717, 1.165) is 0 Å². The molecule has 8 nitrogen and oxygen atoms in total. The van der Waals surface area contributed by atoms with Crippen molar-refractivity contribution in [1.82, 2.24) is 0 Å². The lowest BCUT2D eigenvalue weighted by molar-refractivity contribution is -0.146. The third-order valence-electron chi connectivity index (χ3n) is 4.13. The summed E-state index contributed by atoms with van der Waals surface area (Å²) in [5.74, 6) is -3.60. The average molecular weight is 432 g/mol. The van der Waals surface area contributed by atoms with E-state index in [0.29, 0.717) is 0 Å². The molecule has 4 atom stereocenters. The number of hydrogen-bond donors (Lipinski definition) is 0. The maximum absolute atomic E-state index is 15.4. The lowest BCUT2D eigenvalue weighted by Crippen LogP contribution is -2.40. The number of rotatable bonds is 10. The molecule has 1 aromatic rings. The van der Waals surface area contributed by atoms with Gasteiger partial charge in [-0.3, -0.25) is 9.36 Å². The predicted molar refractivity (Wildman–Crippen MR) is 101 cm³/mol. The molecule has 0 spiro atoms. The van der Waals surface area contributed by atoms with E-state index in [-0.39, 0.29) is 31.8 Å². The molecule has 1 aliphatic rings. The van der Waals surface area contributed by atoms with Crippen LogP contribution in [-0.4, -0.2) is 56.0 Å². The van der Waals surface area contributed by atoms with Gasteiger partial charge in [-0.05, 0) is 26.0 Å². The fourth-order valence-electron chi connectivity index (χ4n) is 2.97. The summed E-state index contributed by atoms with van der Waals surface area (Å²) >= 11 is 0. The highest BCUT2D eigenvalue weighted by atomic mass is 31.2. The fourth-order valence-corrected chi connectivity index (χ4v) is 4.66. The zero-order valence-electron chi connectivity index (χ0n) is 16.6. The molecule has 0 bridgehead atoms. The highest BCUT2D eigenvalue weighted by Crippen LogP contribution is 2.56. The van der Waals surface area contributed by atoms with Crippen LogP contribution in [0, 0.1) is 0 Å². The molecule has 29 heavy (non-hydrogen) atoms. The van der Waals surface area contributed by atoms with Crippen molar-refractivity contribution in [3.63, 3.8) is 0 Å². The first kappa shape index (κ1) is 23.5. The maximum atomic E-state index is 15.4. The molecule has 1 heterocycles. The number of ether oxygens (including phenoxy) is 3. The van der Waals surface area contributed by atoms with Gasteiger partial charge in [-0.25, -0.2) is 9.18 Å². The van der Waals surface area contributed by atoms with Gasteiger partial charge in [0.15, 0.2) is 6.10 Å². The van der Waals surface area contributed by atoms with Crippen LogP contribution < -0.4 is 0 Å². The van der Waals surface area contributed by atoms with E-state index in [9.17, 15) is 14.2 Å². The molecule has 2 rings (SSSR count). The first-order valence-electron chi connectivity index (χ1n) is 9.38. The number of esters is 2. The topological polar surface area (TPSA) is 97.4 Å². The number of carbonyl (C=O) groups is 2. The Hall–Kier alpha value is -1.80. The van der Waals surface area contributed by atoms with E-state index < -0.39 is 43.8 Å². The first-order chi connectivity index (χ1) is 13.8. The summed E-state index contributed by atoms with van der Waals surface area (Å²) in [5, 5.41) is 0. The van der Waals surface area contributed by atoms with Gasteiger partial charge in [-0.15, -0.1) is 0 Å². The second-order valence-corrected chi connectivity index (χ2v) is 8.41. The van der Waals surface area contributed by atoms with Crippen LogP contribution in [0.2, 0.25) is 0 Å². The summed E-state index contributed by atoms with van der Waals surface area (Å²) in [5.41, 5.74) is 0.196. The highest BCUT2D eigenvalue weighted by Gasteiger charge is 2.50. The van der Waals surface area contributed by atoms with Crippen LogP contribution in [0.4, 0.5) is 4.39 Å². The average Bonchev–Trinajstić information content (AvgIpc) is 3.14. The van der Waals surface area contributed by atoms with E-state index in [1.165, 1.54) is 19.1 Å². The van der Waals surface area contributed by atoms with Crippen molar-refractivity contribution in [3.8, 4) is 0 Å². The van der Waals surface area contributed by atoms with Crippen LogP contribution in [-0.2, 0) is 32.6 Å². The van der Waals surface area contributed by atoms with Crippen molar-refractivity contribution < 1.29 is 41.8 Å². The molecule has 1 fully saturated rings. The van der Waals surface area contributed by atoms with Crippen molar-refractivity contribution in [1.29, 1.82) is 0 Å². The van der Waals surface area contributed by atoms with E-state index in [1.807, 2.05) is 0 Å². The van der Waals surface area contributed by atoms with Gasteiger partial charge in [-0.2, -0.15) is 0 Å². The number of hydrogen-bond acceptors (Lipinski definition) is 8. The van der Waals surface area contributed by atoms with Gasteiger partial charge < -0.3 is 23.3 Å². The van der Waals surface area contributed by atoms with E-state index >= 15 is 4.39 Å². The minimum Gasteiger partial charge on any atom is -0.460 e. The Morgan fingerprint density at radius 3 is 2.38 bits per heavy atom. The molecule has 0 N–H and O–H groups in total. The first-order valence-corrected chi connectivity index (χ1v) is 11.0. The molecule has 1 saturated heterocycles. The molecule has 0 aromatic heterocycles. The quantitative estimate of drug-likeness (QED) is 0.409. The van der Waals surface area contributed by atoms with Gasteiger partial charge in [-0.1, -0.05) is 18.2 Å². The van der Waals surface area contributed by atoms with Crippen LogP contribution >= 0.6 is 7.60 Å². The Labute approximate surface area is 169 Å². The van der Waals surface area contributed by atoms with Gasteiger partial charge in [0.1, 0.15) is 12.2 Å². The molecule has 162 valence electrons. The molecule has 2 unspecified atom stereocenters. The molecule has 0 aliphatic carbocycles. The predicted octanol–water partition coefficient (Wildman–Crippen LogP) is 3.49. The van der Waals surface area contributed by atoms with E-state index in [4.69, 9.17) is 23.3 Å². The normalized spacial score (nSPS) is 21.4. The molecular formula is C19H26FO8P. The van der Waals surface area contributed by atoms with Gasteiger partial charge >= 0.3 is 19.5 Å². The lowest BCUT2D eigenvalue weighted by atomic mass is 10.1. The van der Waals surface area contributed by atoms with Crippen LogP contribution in [0.3, 0.4) is 0 Å². The van der Waals surface area contributed by atoms with Gasteiger partial charge in [0.2, 0.25) is 5.91 Å². The minimum atomic E-state index is -4.25. The second kappa shape index (κ2) is 10.8. The summed E-state index contributed by atoms with van der Waals surface area (Å²) in [6, 6.07) is 8.00. The smallest absolute Gasteiger partial charge is 0.368 e. The van der Waals surface area contributed by atoms with Gasteiger partial charge in [0, 0.05) is 13.3 Å². The highest BCUT2D eigenvalue weighted by molar-refractivity contribution is 7.54. The van der Waals surface area contributed by atoms with Crippen molar-refractivity contribution in [3.05, 3.63) is 35.9 Å². The van der Waals surface area contributed by atoms with Crippen molar-refractivity contribution in [2.75, 3.05) is 19.8 Å². The van der Waals surface area contributed by atoms with Gasteiger partial charge in [0.25, 0.3) is 0 Å². The second-order valence-electron chi connectivity index (χ2n) is 6.32. The Balaban J connectivity index is 2.26. The standard InChI is InChI=1S/C19H26FO8P/c1-4-25-29(23,26-5-2)18(20)17(16-11-15(12-24-16)27-13(3)21)28-19(22)14-9-7-6-8-10-14/h6-10,15-18H,4-5,11-12H2,1-3H3/t15-,16+,17?,18?/m1/s1. The van der Waals surface area contributed by atoms with Crippen LogP contribution in [0.1, 0.15) is 37.6 Å². The molecule has 0 radical (unpaired) electrons. The number of halogens is 1. The summed E-state index contributed by atoms with van der Waals surface area (Å²) < 4.78 is 54.5. The van der Waals surface area contributed by atoms with Crippen LogP contribution in [0.5, 0.6) is 0 Å². The SMILES string of the molecule is CCOP(=O)(OCC)C(F)C(OC(=O)c1ccccc1)[C@@H]1C[C@@H](OC(C)=O)CO1. The molecule has 0 amide bonds. The summed E-state index contributed by atoms with van der Waals surface area (Å²) in [4.78, 5) is 23.7. The Kier molecular flexibility index (Phi) is 8.77. The largest absolute Gasteiger partial charge is 0.460 e. The molecule has 10 heteroatoms. The number of benzene rings is 1. The third kappa shape index (κ3) is 6.34. The van der Waals surface area contributed by atoms with E-state index in [1.54, 1.807) is 32.0 Å². The van der Waals surface area contributed by atoms with Gasteiger partial charge in [0.05, 0.1) is 25.4 Å². The van der Waals surface area contributed by atoms with E-state index in [2.05, 4.69) is 0 Å². The van der Waals surface area contributed by atoms with Crippen LogP contribution in [0.25, 0.3) is 0 Å².